The lowest BCUT2D eigenvalue weighted by molar-refractivity contribution is -0.112. The van der Waals surface area contributed by atoms with Gasteiger partial charge in [0.2, 0.25) is 0 Å². The van der Waals surface area contributed by atoms with Gasteiger partial charge in [0.25, 0.3) is 5.91 Å². The lowest BCUT2D eigenvalue weighted by Crippen LogP contribution is -2.06. The zero-order valence-electron chi connectivity index (χ0n) is 7.20. The van der Waals surface area contributed by atoms with E-state index in [1.807, 2.05) is 12.1 Å². The summed E-state index contributed by atoms with van der Waals surface area (Å²) in [4.78, 5) is 10.4. The molecule has 0 spiro atoms. The van der Waals surface area contributed by atoms with Gasteiger partial charge < -0.3 is 10.5 Å². The van der Waals surface area contributed by atoms with E-state index in [9.17, 15) is 4.79 Å². The van der Waals surface area contributed by atoms with Gasteiger partial charge in [0, 0.05) is 5.92 Å². The first-order valence-corrected chi connectivity index (χ1v) is 3.68. The molecule has 1 amide bonds. The van der Waals surface area contributed by atoms with Gasteiger partial charge in [0.15, 0.2) is 0 Å². The SMILES string of the molecule is COc1ccccc1C#CC(N)=O. The highest BCUT2D eigenvalue weighted by molar-refractivity contribution is 5.92. The molecule has 0 aromatic heterocycles. The van der Waals surface area contributed by atoms with Crippen LogP contribution in [0, 0.1) is 11.8 Å². The molecule has 0 unspecified atom stereocenters. The lowest BCUT2D eigenvalue weighted by atomic mass is 10.2. The van der Waals surface area contributed by atoms with E-state index in [1.165, 1.54) is 0 Å². The molecule has 0 atom stereocenters. The van der Waals surface area contributed by atoms with E-state index in [0.29, 0.717) is 11.3 Å². The van der Waals surface area contributed by atoms with E-state index in [4.69, 9.17) is 10.5 Å². The zero-order valence-corrected chi connectivity index (χ0v) is 7.20. The maximum absolute atomic E-state index is 10.4. The number of rotatable bonds is 1. The largest absolute Gasteiger partial charge is 0.495 e. The van der Waals surface area contributed by atoms with E-state index < -0.39 is 5.91 Å². The number of carbonyl (C=O) groups excluding carboxylic acids is 1. The van der Waals surface area contributed by atoms with Crippen LogP contribution in [0.4, 0.5) is 0 Å². The second-order valence-electron chi connectivity index (χ2n) is 2.31. The van der Waals surface area contributed by atoms with Crippen LogP contribution in [-0.2, 0) is 4.79 Å². The summed E-state index contributed by atoms with van der Waals surface area (Å²) in [5.41, 5.74) is 5.53. The predicted octanol–water partition coefficient (Wildman–Crippen LogP) is 0.532. The number of amides is 1. The van der Waals surface area contributed by atoms with Crippen LogP contribution in [-0.4, -0.2) is 13.0 Å². The van der Waals surface area contributed by atoms with Crippen molar-refractivity contribution < 1.29 is 9.53 Å². The summed E-state index contributed by atoms with van der Waals surface area (Å²) >= 11 is 0. The fraction of sp³-hybridized carbons (Fsp3) is 0.100. The first kappa shape index (κ1) is 9.14. The number of nitrogens with two attached hydrogens (primary N) is 1. The van der Waals surface area contributed by atoms with Crippen LogP contribution in [0.3, 0.4) is 0 Å². The Hall–Kier alpha value is -1.95. The second-order valence-corrected chi connectivity index (χ2v) is 2.31. The molecule has 1 rings (SSSR count). The zero-order chi connectivity index (χ0) is 9.68. The molecular formula is C10H9NO2. The smallest absolute Gasteiger partial charge is 0.293 e. The van der Waals surface area contributed by atoms with Crippen molar-refractivity contribution >= 4 is 5.91 Å². The Morgan fingerprint density at radius 3 is 2.77 bits per heavy atom. The summed E-state index contributed by atoms with van der Waals surface area (Å²) in [7, 11) is 1.55. The number of methoxy groups -OCH3 is 1. The van der Waals surface area contributed by atoms with Gasteiger partial charge >= 0.3 is 0 Å². The Balaban J connectivity index is 3.02. The number of carbonyl (C=O) groups is 1. The summed E-state index contributed by atoms with van der Waals surface area (Å²) in [5, 5.41) is 0. The standard InChI is InChI=1S/C10H9NO2/c1-13-9-5-3-2-4-8(9)6-7-10(11)12/h2-5H,1H3,(H2,11,12). The van der Waals surface area contributed by atoms with E-state index in [2.05, 4.69) is 11.8 Å². The van der Waals surface area contributed by atoms with Gasteiger partial charge in [-0.15, -0.1) is 0 Å². The van der Waals surface area contributed by atoms with Crippen molar-refractivity contribution in [1.82, 2.24) is 0 Å². The quantitative estimate of drug-likeness (QED) is 0.633. The minimum absolute atomic E-state index is 0.635. The number of hydrogen-bond acceptors (Lipinski definition) is 2. The number of ether oxygens (including phenoxy) is 1. The van der Waals surface area contributed by atoms with E-state index in [-0.39, 0.29) is 0 Å². The van der Waals surface area contributed by atoms with Crippen molar-refractivity contribution in [2.45, 2.75) is 0 Å². The van der Waals surface area contributed by atoms with Crippen LogP contribution < -0.4 is 10.5 Å². The van der Waals surface area contributed by atoms with Gasteiger partial charge in [-0.2, -0.15) is 0 Å². The fourth-order valence-corrected chi connectivity index (χ4v) is 0.877. The van der Waals surface area contributed by atoms with Gasteiger partial charge in [-0.1, -0.05) is 18.1 Å². The highest BCUT2D eigenvalue weighted by Crippen LogP contribution is 2.15. The number of benzene rings is 1. The monoisotopic (exact) mass is 175 g/mol. The highest BCUT2D eigenvalue weighted by atomic mass is 16.5. The van der Waals surface area contributed by atoms with E-state index in [0.717, 1.165) is 0 Å². The van der Waals surface area contributed by atoms with E-state index >= 15 is 0 Å². The van der Waals surface area contributed by atoms with Crippen LogP contribution in [0.1, 0.15) is 5.56 Å². The molecule has 0 saturated carbocycles. The third kappa shape index (κ3) is 2.53. The molecule has 3 nitrogen and oxygen atoms in total. The average molecular weight is 175 g/mol. The second kappa shape index (κ2) is 4.17. The normalized spacial score (nSPS) is 8.38. The van der Waals surface area contributed by atoms with E-state index in [1.54, 1.807) is 19.2 Å². The summed E-state index contributed by atoms with van der Waals surface area (Å²) in [6.45, 7) is 0. The number of hydrogen-bond donors (Lipinski definition) is 1. The molecule has 1 aromatic rings. The number of primary amides is 1. The molecular weight excluding hydrogens is 166 g/mol. The summed E-state index contributed by atoms with van der Waals surface area (Å²) in [6, 6.07) is 7.17. The molecule has 13 heavy (non-hydrogen) atoms. The van der Waals surface area contributed by atoms with Gasteiger partial charge in [-0.05, 0) is 12.1 Å². The lowest BCUT2D eigenvalue weighted by Gasteiger charge is -2.00. The summed E-state index contributed by atoms with van der Waals surface area (Å²) in [6.07, 6.45) is 0. The Morgan fingerprint density at radius 2 is 2.15 bits per heavy atom. The van der Waals surface area contributed by atoms with Crippen LogP contribution in [0.15, 0.2) is 24.3 Å². The Labute approximate surface area is 76.5 Å². The van der Waals surface area contributed by atoms with Crippen molar-refractivity contribution in [1.29, 1.82) is 0 Å². The average Bonchev–Trinajstić information content (AvgIpc) is 2.15. The van der Waals surface area contributed by atoms with Crippen molar-refractivity contribution in [3.8, 4) is 17.6 Å². The molecule has 0 fully saturated rings. The highest BCUT2D eigenvalue weighted by Gasteiger charge is 1.96. The van der Waals surface area contributed by atoms with Crippen LogP contribution in [0.2, 0.25) is 0 Å². The van der Waals surface area contributed by atoms with Crippen molar-refractivity contribution in [2.75, 3.05) is 7.11 Å². The first-order chi connectivity index (χ1) is 6.24. The van der Waals surface area contributed by atoms with Gasteiger partial charge in [-0.3, -0.25) is 4.79 Å². The van der Waals surface area contributed by atoms with Gasteiger partial charge in [0.1, 0.15) is 5.75 Å². The van der Waals surface area contributed by atoms with Crippen LogP contribution >= 0.6 is 0 Å². The van der Waals surface area contributed by atoms with Gasteiger partial charge in [-0.25, -0.2) is 0 Å². The molecule has 3 heteroatoms. The maximum atomic E-state index is 10.4. The Kier molecular flexibility index (Phi) is 2.93. The molecule has 0 radical (unpaired) electrons. The van der Waals surface area contributed by atoms with Crippen molar-refractivity contribution in [3.05, 3.63) is 29.8 Å². The van der Waals surface area contributed by atoms with Crippen LogP contribution in [0.5, 0.6) is 5.75 Å². The predicted molar refractivity (Wildman–Crippen MR) is 49.1 cm³/mol. The van der Waals surface area contributed by atoms with Gasteiger partial charge in [0.05, 0.1) is 12.7 Å². The van der Waals surface area contributed by atoms with Crippen LogP contribution in [0.25, 0.3) is 0 Å². The molecule has 0 aliphatic heterocycles. The molecule has 0 saturated heterocycles. The molecule has 1 aromatic carbocycles. The van der Waals surface area contributed by atoms with Crippen molar-refractivity contribution in [2.24, 2.45) is 5.73 Å². The molecule has 0 aliphatic carbocycles. The molecule has 2 N–H and O–H groups in total. The molecule has 66 valence electrons. The molecule has 0 bridgehead atoms. The topological polar surface area (TPSA) is 52.3 Å². The minimum atomic E-state index is -0.647. The minimum Gasteiger partial charge on any atom is -0.495 e. The summed E-state index contributed by atoms with van der Waals surface area (Å²) in [5.74, 6) is 4.85. The summed E-state index contributed by atoms with van der Waals surface area (Å²) < 4.78 is 5.02. The Morgan fingerprint density at radius 1 is 1.46 bits per heavy atom. The third-order valence-corrected chi connectivity index (χ3v) is 1.43. The molecule has 0 heterocycles. The maximum Gasteiger partial charge on any atom is 0.293 e. The third-order valence-electron chi connectivity index (χ3n) is 1.43. The fourth-order valence-electron chi connectivity index (χ4n) is 0.877. The molecule has 0 aliphatic rings. The first-order valence-electron chi connectivity index (χ1n) is 3.68. The number of para-hydroxylation sites is 1. The Bertz CT molecular complexity index is 374. The van der Waals surface area contributed by atoms with Crippen molar-refractivity contribution in [3.63, 3.8) is 0 Å².